The van der Waals surface area contributed by atoms with Gasteiger partial charge in [-0.05, 0) is 67.9 Å². The first-order chi connectivity index (χ1) is 16.2. The van der Waals surface area contributed by atoms with E-state index in [1.807, 2.05) is 19.1 Å². The first-order valence-electron chi connectivity index (χ1n) is 10.0. The molecule has 3 aromatic rings. The first-order valence-corrected chi connectivity index (χ1v) is 10.0. The quantitative estimate of drug-likeness (QED) is 0.144. The van der Waals surface area contributed by atoms with Gasteiger partial charge in [0.2, 0.25) is 0 Å². The summed E-state index contributed by atoms with van der Waals surface area (Å²) < 4.78 is 5.26. The van der Waals surface area contributed by atoms with Crippen molar-refractivity contribution in [2.75, 3.05) is 5.32 Å². The molecule has 0 unspecified atom stereocenters. The summed E-state index contributed by atoms with van der Waals surface area (Å²) in [6.45, 7) is 3.54. The summed E-state index contributed by atoms with van der Waals surface area (Å²) in [6, 6.07) is 18.3. The van der Waals surface area contributed by atoms with Crippen LogP contribution in [0.15, 0.2) is 77.9 Å². The molecule has 10 nitrogen and oxygen atoms in total. The van der Waals surface area contributed by atoms with Crippen LogP contribution in [0.4, 0.5) is 11.4 Å². The minimum atomic E-state index is -0.923. The molecule has 3 rings (SSSR count). The van der Waals surface area contributed by atoms with Gasteiger partial charge in [-0.2, -0.15) is 5.10 Å². The topological polar surface area (TPSA) is 140 Å². The second-order valence-corrected chi connectivity index (χ2v) is 7.18. The summed E-state index contributed by atoms with van der Waals surface area (Å²) in [4.78, 5) is 46.3. The Bertz CT molecular complexity index is 1250. The summed E-state index contributed by atoms with van der Waals surface area (Å²) in [5.41, 5.74) is 4.79. The molecule has 0 atom stereocenters. The normalized spacial score (nSPS) is 10.8. The van der Waals surface area contributed by atoms with E-state index in [4.69, 9.17) is 4.74 Å². The molecule has 0 aliphatic rings. The van der Waals surface area contributed by atoms with Crippen molar-refractivity contribution in [3.05, 3.63) is 99.6 Å². The third kappa shape index (κ3) is 6.33. The van der Waals surface area contributed by atoms with E-state index in [0.29, 0.717) is 17.0 Å². The Hall–Kier alpha value is -4.86. The molecule has 0 aliphatic heterocycles. The van der Waals surface area contributed by atoms with Crippen molar-refractivity contribution < 1.29 is 24.0 Å². The van der Waals surface area contributed by atoms with Gasteiger partial charge >= 0.3 is 17.8 Å². The molecule has 2 amide bonds. The molecule has 0 heterocycles. The highest BCUT2D eigenvalue weighted by atomic mass is 16.6. The Kier molecular flexibility index (Phi) is 7.45. The number of benzene rings is 3. The van der Waals surface area contributed by atoms with Crippen LogP contribution in [0.5, 0.6) is 5.75 Å². The number of aryl methyl sites for hydroxylation is 1. The standard InChI is InChI=1S/C24H20N4O6/c1-15-3-9-19(10-4-15)25-22(29)23(30)27-26-16(2)17-7-13-21(14-8-17)34-24(31)18-5-11-20(12-6-18)28(32)33/h3-14H,1-2H3,(H,25,29)(H,27,30)/b26-16+. The molecule has 0 saturated carbocycles. The van der Waals surface area contributed by atoms with E-state index >= 15 is 0 Å². The monoisotopic (exact) mass is 460 g/mol. The van der Waals surface area contributed by atoms with E-state index in [0.717, 1.165) is 5.56 Å². The molecule has 0 spiro atoms. The summed E-state index contributed by atoms with van der Waals surface area (Å²) in [7, 11) is 0. The van der Waals surface area contributed by atoms with E-state index < -0.39 is 22.7 Å². The number of nitro benzene ring substituents is 1. The second kappa shape index (κ2) is 10.6. The van der Waals surface area contributed by atoms with Gasteiger partial charge in [0.1, 0.15) is 5.75 Å². The Morgan fingerprint density at radius 3 is 2.03 bits per heavy atom. The third-order valence-corrected chi connectivity index (χ3v) is 4.64. The number of non-ortho nitro benzene ring substituents is 1. The van der Waals surface area contributed by atoms with Gasteiger partial charge in [0, 0.05) is 17.8 Å². The third-order valence-electron chi connectivity index (χ3n) is 4.64. The molecule has 0 aromatic heterocycles. The number of nitro groups is 1. The van der Waals surface area contributed by atoms with Crippen molar-refractivity contribution >= 4 is 34.9 Å². The number of hydrogen-bond acceptors (Lipinski definition) is 7. The molecular formula is C24H20N4O6. The number of nitrogens with zero attached hydrogens (tertiary/aromatic N) is 2. The maximum Gasteiger partial charge on any atom is 0.343 e. The molecule has 0 bridgehead atoms. The minimum Gasteiger partial charge on any atom is -0.423 e. The number of carbonyl (C=O) groups excluding carboxylic acids is 3. The maximum atomic E-state index is 12.2. The largest absolute Gasteiger partial charge is 0.423 e. The number of amides is 2. The fourth-order valence-electron chi connectivity index (χ4n) is 2.72. The maximum absolute atomic E-state index is 12.2. The highest BCUT2D eigenvalue weighted by Crippen LogP contribution is 2.17. The summed E-state index contributed by atoms with van der Waals surface area (Å²) in [5, 5.41) is 17.1. The van der Waals surface area contributed by atoms with Crippen LogP contribution >= 0.6 is 0 Å². The molecular weight excluding hydrogens is 440 g/mol. The van der Waals surface area contributed by atoms with Crippen LogP contribution in [-0.2, 0) is 9.59 Å². The average molecular weight is 460 g/mol. The number of nitrogens with one attached hydrogen (secondary N) is 2. The number of carbonyl (C=O) groups is 3. The van der Waals surface area contributed by atoms with Gasteiger partial charge in [0.05, 0.1) is 16.2 Å². The molecule has 0 fully saturated rings. The lowest BCUT2D eigenvalue weighted by atomic mass is 10.1. The van der Waals surface area contributed by atoms with Crippen molar-refractivity contribution in [2.45, 2.75) is 13.8 Å². The van der Waals surface area contributed by atoms with Crippen LogP contribution in [0.25, 0.3) is 0 Å². The Morgan fingerprint density at radius 1 is 0.853 bits per heavy atom. The van der Waals surface area contributed by atoms with Crippen molar-refractivity contribution in [1.82, 2.24) is 5.43 Å². The van der Waals surface area contributed by atoms with E-state index in [1.165, 1.54) is 36.4 Å². The molecule has 172 valence electrons. The first kappa shape index (κ1) is 23.8. The van der Waals surface area contributed by atoms with Crippen LogP contribution in [-0.4, -0.2) is 28.4 Å². The van der Waals surface area contributed by atoms with Crippen molar-refractivity contribution in [3.63, 3.8) is 0 Å². The van der Waals surface area contributed by atoms with Gasteiger partial charge in [0.15, 0.2) is 0 Å². The van der Waals surface area contributed by atoms with Gasteiger partial charge in [0.25, 0.3) is 5.69 Å². The zero-order valence-electron chi connectivity index (χ0n) is 18.3. The number of esters is 1. The summed E-state index contributed by atoms with van der Waals surface area (Å²) in [6.07, 6.45) is 0. The van der Waals surface area contributed by atoms with Crippen LogP contribution in [0.2, 0.25) is 0 Å². The SMILES string of the molecule is C/C(=N\NC(=O)C(=O)Nc1ccc(C)cc1)c1ccc(OC(=O)c2ccc([N+](=O)[O-])cc2)cc1. The van der Waals surface area contributed by atoms with E-state index in [-0.39, 0.29) is 17.0 Å². The van der Waals surface area contributed by atoms with Gasteiger partial charge in [-0.3, -0.25) is 19.7 Å². The van der Waals surface area contributed by atoms with Crippen molar-refractivity contribution in [2.24, 2.45) is 5.10 Å². The lowest BCUT2D eigenvalue weighted by Gasteiger charge is -2.07. The second-order valence-electron chi connectivity index (χ2n) is 7.18. The Balaban J connectivity index is 1.56. The summed E-state index contributed by atoms with van der Waals surface area (Å²) in [5.74, 6) is -2.19. The highest BCUT2D eigenvalue weighted by Gasteiger charge is 2.14. The van der Waals surface area contributed by atoms with Crippen LogP contribution in [0.3, 0.4) is 0 Å². The molecule has 0 radical (unpaired) electrons. The number of hydrazone groups is 1. The van der Waals surface area contributed by atoms with E-state index in [1.54, 1.807) is 31.2 Å². The molecule has 10 heteroatoms. The highest BCUT2D eigenvalue weighted by molar-refractivity contribution is 6.39. The minimum absolute atomic E-state index is 0.129. The number of anilines is 1. The molecule has 3 aromatic carbocycles. The van der Waals surface area contributed by atoms with Crippen molar-refractivity contribution in [3.8, 4) is 5.75 Å². The predicted molar refractivity (Wildman–Crippen MR) is 125 cm³/mol. The molecule has 2 N–H and O–H groups in total. The van der Waals surface area contributed by atoms with Crippen molar-refractivity contribution in [1.29, 1.82) is 0 Å². The fraction of sp³-hybridized carbons (Fsp3) is 0.0833. The lowest BCUT2D eigenvalue weighted by Crippen LogP contribution is -2.32. The predicted octanol–water partition coefficient (Wildman–Crippen LogP) is 3.60. The van der Waals surface area contributed by atoms with Gasteiger partial charge < -0.3 is 10.1 Å². The van der Waals surface area contributed by atoms with Crippen LogP contribution < -0.4 is 15.5 Å². The Labute approximate surface area is 194 Å². The smallest absolute Gasteiger partial charge is 0.343 e. The fourth-order valence-corrected chi connectivity index (χ4v) is 2.72. The van der Waals surface area contributed by atoms with Gasteiger partial charge in [-0.1, -0.05) is 17.7 Å². The number of ether oxygens (including phenoxy) is 1. The molecule has 0 saturated heterocycles. The van der Waals surface area contributed by atoms with E-state index in [9.17, 15) is 24.5 Å². The summed E-state index contributed by atoms with van der Waals surface area (Å²) >= 11 is 0. The molecule has 34 heavy (non-hydrogen) atoms. The Morgan fingerprint density at radius 2 is 1.44 bits per heavy atom. The van der Waals surface area contributed by atoms with E-state index in [2.05, 4.69) is 15.8 Å². The lowest BCUT2D eigenvalue weighted by molar-refractivity contribution is -0.384. The van der Waals surface area contributed by atoms with Crippen LogP contribution in [0.1, 0.15) is 28.4 Å². The van der Waals surface area contributed by atoms with Crippen LogP contribution in [0, 0.1) is 17.0 Å². The number of rotatable bonds is 6. The van der Waals surface area contributed by atoms with Gasteiger partial charge in [-0.15, -0.1) is 0 Å². The zero-order valence-corrected chi connectivity index (χ0v) is 18.3. The van der Waals surface area contributed by atoms with Gasteiger partial charge in [-0.25, -0.2) is 10.2 Å². The zero-order chi connectivity index (χ0) is 24.7. The number of hydrogen-bond donors (Lipinski definition) is 2. The molecule has 0 aliphatic carbocycles. The average Bonchev–Trinajstić information content (AvgIpc) is 2.84.